The molecule has 2 aliphatic rings. The number of halogens is 3. The molecule has 0 bridgehead atoms. The van der Waals surface area contributed by atoms with Crippen LogP contribution < -0.4 is 0 Å². The molecule has 0 spiro atoms. The van der Waals surface area contributed by atoms with Crippen molar-refractivity contribution in [2.45, 2.75) is 39.0 Å². The van der Waals surface area contributed by atoms with Gasteiger partial charge in [-0.05, 0) is 30.2 Å². The maximum absolute atomic E-state index is 13.0. The molecule has 0 aliphatic carbocycles. The zero-order chi connectivity index (χ0) is 21.3. The Hall–Kier alpha value is -2.58. The highest BCUT2D eigenvalue weighted by molar-refractivity contribution is 5.96. The fourth-order valence-corrected chi connectivity index (χ4v) is 3.66. The second kappa shape index (κ2) is 8.04. The Morgan fingerprint density at radius 3 is 2.41 bits per heavy atom. The van der Waals surface area contributed by atoms with Crippen LogP contribution in [0.5, 0.6) is 0 Å². The van der Waals surface area contributed by atoms with E-state index in [1.165, 1.54) is 9.80 Å². The number of fused-ring (bicyclic) bond motifs is 1. The van der Waals surface area contributed by atoms with Gasteiger partial charge in [0.15, 0.2) is 0 Å². The molecule has 6 nitrogen and oxygen atoms in total. The number of hydrogen-bond donors (Lipinski definition) is 0. The van der Waals surface area contributed by atoms with Crippen molar-refractivity contribution < 1.29 is 27.6 Å². The molecule has 2 heterocycles. The van der Waals surface area contributed by atoms with E-state index in [4.69, 9.17) is 0 Å². The van der Waals surface area contributed by atoms with E-state index < -0.39 is 23.8 Å². The highest BCUT2D eigenvalue weighted by atomic mass is 19.4. The van der Waals surface area contributed by atoms with Gasteiger partial charge < -0.3 is 14.7 Å². The number of benzene rings is 1. The number of rotatable bonds is 4. The van der Waals surface area contributed by atoms with Crippen molar-refractivity contribution in [2.24, 2.45) is 5.92 Å². The van der Waals surface area contributed by atoms with Gasteiger partial charge in [-0.15, -0.1) is 0 Å². The molecule has 2 fully saturated rings. The van der Waals surface area contributed by atoms with Crippen LogP contribution in [0.3, 0.4) is 0 Å². The smallest absolute Gasteiger partial charge is 0.337 e. The molecule has 3 rings (SSSR count). The number of carbonyl (C=O) groups excluding carboxylic acids is 3. The second-order valence-corrected chi connectivity index (χ2v) is 7.64. The number of hydrogen-bond acceptors (Lipinski definition) is 3. The minimum Gasteiger partial charge on any atom is -0.337 e. The lowest BCUT2D eigenvalue weighted by molar-refractivity contribution is -0.159. The molecular formula is C20H24F3N3O3. The average molecular weight is 411 g/mol. The van der Waals surface area contributed by atoms with Crippen LogP contribution in [0.2, 0.25) is 0 Å². The molecule has 3 amide bonds. The van der Waals surface area contributed by atoms with Crippen molar-refractivity contribution in [3.63, 3.8) is 0 Å². The van der Waals surface area contributed by atoms with E-state index in [-0.39, 0.29) is 49.4 Å². The van der Waals surface area contributed by atoms with Gasteiger partial charge in [0, 0.05) is 25.1 Å². The molecule has 0 saturated carbocycles. The zero-order valence-electron chi connectivity index (χ0n) is 16.4. The monoisotopic (exact) mass is 411 g/mol. The second-order valence-electron chi connectivity index (χ2n) is 7.64. The fourth-order valence-electron chi connectivity index (χ4n) is 3.66. The maximum Gasteiger partial charge on any atom is 0.416 e. The van der Waals surface area contributed by atoms with Crippen LogP contribution in [0.4, 0.5) is 13.2 Å². The molecule has 2 unspecified atom stereocenters. The van der Waals surface area contributed by atoms with Gasteiger partial charge in [0.1, 0.15) is 12.7 Å². The van der Waals surface area contributed by atoms with E-state index in [0.29, 0.717) is 6.54 Å². The average Bonchev–Trinajstić information content (AvgIpc) is 2.68. The minimum atomic E-state index is -4.48. The zero-order valence-corrected chi connectivity index (χ0v) is 16.4. The third kappa shape index (κ3) is 4.38. The Bertz CT molecular complexity index is 794. The lowest BCUT2D eigenvalue weighted by Gasteiger charge is -2.49. The molecule has 2 atom stereocenters. The third-order valence-electron chi connectivity index (χ3n) is 5.60. The number of piperazine rings is 1. The maximum atomic E-state index is 13.0. The van der Waals surface area contributed by atoms with E-state index in [0.717, 1.165) is 30.7 Å². The summed E-state index contributed by atoms with van der Waals surface area (Å²) in [6.45, 7) is 4.88. The third-order valence-corrected chi connectivity index (χ3v) is 5.60. The van der Waals surface area contributed by atoms with Crippen LogP contribution in [0.1, 0.15) is 42.6 Å². The van der Waals surface area contributed by atoms with Gasteiger partial charge in [-0.1, -0.05) is 20.3 Å². The van der Waals surface area contributed by atoms with Gasteiger partial charge >= 0.3 is 6.18 Å². The van der Waals surface area contributed by atoms with Gasteiger partial charge in [0.2, 0.25) is 11.8 Å². The summed E-state index contributed by atoms with van der Waals surface area (Å²) >= 11 is 0. The quantitative estimate of drug-likeness (QED) is 0.765. The number of amides is 3. The predicted octanol–water partition coefficient (Wildman–Crippen LogP) is 2.59. The van der Waals surface area contributed by atoms with Gasteiger partial charge in [-0.2, -0.15) is 13.2 Å². The predicted molar refractivity (Wildman–Crippen MR) is 98.6 cm³/mol. The van der Waals surface area contributed by atoms with E-state index in [2.05, 4.69) is 0 Å². The SMILES string of the molecule is CCC(C)CN1CC2N(CC1=O)C(=O)CCN2C(=O)c1ccc(C(F)(F)F)cc1. The Balaban J connectivity index is 1.81. The topological polar surface area (TPSA) is 60.9 Å². The first kappa shape index (κ1) is 21.1. The largest absolute Gasteiger partial charge is 0.416 e. The molecule has 9 heteroatoms. The molecule has 1 aromatic rings. The van der Waals surface area contributed by atoms with Crippen molar-refractivity contribution in [3.05, 3.63) is 35.4 Å². The van der Waals surface area contributed by atoms with Gasteiger partial charge in [-0.25, -0.2) is 0 Å². The highest BCUT2D eigenvalue weighted by Gasteiger charge is 2.43. The summed E-state index contributed by atoms with van der Waals surface area (Å²) in [4.78, 5) is 42.3. The standard InChI is InChI=1S/C20H24F3N3O3/c1-3-13(2)10-24-11-16-25(9-8-17(27)26(16)12-18(24)28)19(29)14-4-6-15(7-5-14)20(21,22)23/h4-7,13,16H,3,8-12H2,1-2H3. The summed E-state index contributed by atoms with van der Waals surface area (Å²) in [5.74, 6) is -0.510. The van der Waals surface area contributed by atoms with Crippen molar-refractivity contribution in [3.8, 4) is 0 Å². The summed E-state index contributed by atoms with van der Waals surface area (Å²) in [7, 11) is 0. The van der Waals surface area contributed by atoms with Crippen LogP contribution in [0.15, 0.2) is 24.3 Å². The van der Waals surface area contributed by atoms with Crippen LogP contribution in [0.25, 0.3) is 0 Å². The Kier molecular flexibility index (Phi) is 5.86. The van der Waals surface area contributed by atoms with Crippen molar-refractivity contribution in [1.82, 2.24) is 14.7 Å². The van der Waals surface area contributed by atoms with Crippen LogP contribution in [0, 0.1) is 5.92 Å². The lowest BCUT2D eigenvalue weighted by atomic mass is 10.0. The molecular weight excluding hydrogens is 387 g/mol. The van der Waals surface area contributed by atoms with E-state index in [1.807, 2.05) is 13.8 Å². The number of nitrogens with zero attached hydrogens (tertiary/aromatic N) is 3. The first-order chi connectivity index (χ1) is 13.6. The van der Waals surface area contributed by atoms with Crippen molar-refractivity contribution in [1.29, 1.82) is 0 Å². The Labute approximate surface area is 167 Å². The summed E-state index contributed by atoms with van der Waals surface area (Å²) in [5, 5.41) is 0. The summed E-state index contributed by atoms with van der Waals surface area (Å²) < 4.78 is 38.3. The lowest BCUT2D eigenvalue weighted by Crippen LogP contribution is -2.67. The summed E-state index contributed by atoms with van der Waals surface area (Å²) in [6.07, 6.45) is -4.10. The molecule has 2 saturated heterocycles. The summed E-state index contributed by atoms with van der Waals surface area (Å²) in [6, 6.07) is 4.05. The van der Waals surface area contributed by atoms with Crippen LogP contribution in [-0.2, 0) is 15.8 Å². The van der Waals surface area contributed by atoms with Crippen molar-refractivity contribution >= 4 is 17.7 Å². The number of carbonyl (C=O) groups is 3. The molecule has 0 aromatic heterocycles. The van der Waals surface area contributed by atoms with Crippen molar-refractivity contribution in [2.75, 3.05) is 26.2 Å². The minimum absolute atomic E-state index is 0.0848. The van der Waals surface area contributed by atoms with Crippen LogP contribution >= 0.6 is 0 Å². The normalized spacial score (nSPS) is 21.3. The molecule has 29 heavy (non-hydrogen) atoms. The summed E-state index contributed by atoms with van der Waals surface area (Å²) in [5.41, 5.74) is -0.704. The van der Waals surface area contributed by atoms with E-state index in [1.54, 1.807) is 4.90 Å². The highest BCUT2D eigenvalue weighted by Crippen LogP contribution is 2.30. The van der Waals surface area contributed by atoms with Gasteiger partial charge in [0.25, 0.3) is 5.91 Å². The molecule has 0 radical (unpaired) electrons. The van der Waals surface area contributed by atoms with Gasteiger partial charge in [-0.3, -0.25) is 14.4 Å². The van der Waals surface area contributed by atoms with Crippen LogP contribution in [-0.4, -0.2) is 64.8 Å². The molecule has 0 N–H and O–H groups in total. The molecule has 2 aliphatic heterocycles. The fraction of sp³-hybridized carbons (Fsp3) is 0.550. The van der Waals surface area contributed by atoms with Gasteiger partial charge in [0.05, 0.1) is 12.1 Å². The molecule has 158 valence electrons. The first-order valence-electron chi connectivity index (χ1n) is 9.67. The Morgan fingerprint density at radius 1 is 1.17 bits per heavy atom. The molecule has 1 aromatic carbocycles. The first-order valence-corrected chi connectivity index (χ1v) is 9.67. The van der Waals surface area contributed by atoms with E-state index in [9.17, 15) is 27.6 Å². The Morgan fingerprint density at radius 2 is 1.83 bits per heavy atom. The van der Waals surface area contributed by atoms with E-state index >= 15 is 0 Å². The number of alkyl halides is 3.